The maximum Gasteiger partial charge on any atom is 0.152 e. The first-order valence-corrected chi connectivity index (χ1v) is 6.94. The third-order valence-electron chi connectivity index (χ3n) is 1.76. The van der Waals surface area contributed by atoms with Crippen molar-refractivity contribution in [2.24, 2.45) is 0 Å². The van der Waals surface area contributed by atoms with Gasteiger partial charge in [-0.3, -0.25) is 0 Å². The van der Waals surface area contributed by atoms with Crippen molar-refractivity contribution in [3.8, 4) is 5.40 Å². The highest BCUT2D eigenvalue weighted by molar-refractivity contribution is 8.19. The number of thiazole rings is 1. The molecule has 0 aliphatic rings. The van der Waals surface area contributed by atoms with Gasteiger partial charge in [-0.1, -0.05) is 23.9 Å². The Balaban J connectivity index is 2.19. The molecule has 5 heteroatoms. The first-order chi connectivity index (χ1) is 7.29. The van der Waals surface area contributed by atoms with Gasteiger partial charge in [0.25, 0.3) is 0 Å². The van der Waals surface area contributed by atoms with Crippen LogP contribution in [-0.2, 0) is 0 Å². The van der Waals surface area contributed by atoms with Gasteiger partial charge in [0.15, 0.2) is 4.34 Å². The van der Waals surface area contributed by atoms with E-state index >= 15 is 0 Å². The fourth-order valence-electron chi connectivity index (χ4n) is 1.14. The van der Waals surface area contributed by atoms with Crippen molar-refractivity contribution in [2.45, 2.75) is 15.8 Å². The number of nitrogens with zero attached hydrogens (tertiary/aromatic N) is 2. The second-order valence-electron chi connectivity index (χ2n) is 2.84. The van der Waals surface area contributed by atoms with Crippen molar-refractivity contribution in [3.05, 3.63) is 24.3 Å². The molecular weight excluding hydrogens is 244 g/mol. The van der Waals surface area contributed by atoms with Crippen LogP contribution in [0.5, 0.6) is 0 Å². The van der Waals surface area contributed by atoms with Crippen molar-refractivity contribution in [2.75, 3.05) is 0 Å². The Morgan fingerprint density at radius 3 is 3.00 bits per heavy atom. The molecule has 0 saturated carbocycles. The van der Waals surface area contributed by atoms with E-state index in [0.717, 1.165) is 9.86 Å². The van der Waals surface area contributed by atoms with Gasteiger partial charge in [-0.05, 0) is 30.8 Å². The number of rotatable bonds is 3. The Morgan fingerprint density at radius 2 is 2.27 bits per heavy atom. The van der Waals surface area contributed by atoms with Crippen molar-refractivity contribution in [1.82, 2.24) is 4.98 Å². The molecule has 0 N–H and O–H groups in total. The molecule has 1 aromatic heterocycles. The number of nitriles is 1. The van der Waals surface area contributed by atoms with E-state index in [1.165, 1.54) is 16.5 Å². The first-order valence-electron chi connectivity index (χ1n) is 4.36. The third kappa shape index (κ3) is 2.65. The summed E-state index contributed by atoms with van der Waals surface area (Å²) in [5.74, 6) is 0. The summed E-state index contributed by atoms with van der Waals surface area (Å²) < 4.78 is 2.47. The van der Waals surface area contributed by atoms with Crippen molar-refractivity contribution < 1.29 is 0 Å². The van der Waals surface area contributed by atoms with Crippen molar-refractivity contribution in [1.29, 1.82) is 5.26 Å². The summed E-state index contributed by atoms with van der Waals surface area (Å²) in [6.45, 7) is 2.02. The normalized spacial score (nSPS) is 12.5. The van der Waals surface area contributed by atoms with Gasteiger partial charge in [0.05, 0.1) is 14.8 Å². The number of fused-ring (bicyclic) bond motifs is 1. The molecule has 76 valence electrons. The topological polar surface area (TPSA) is 36.7 Å². The lowest BCUT2D eigenvalue weighted by Crippen LogP contribution is -1.84. The highest BCUT2D eigenvalue weighted by Crippen LogP contribution is 2.35. The Bertz CT molecular complexity index is 468. The summed E-state index contributed by atoms with van der Waals surface area (Å²) in [6.07, 6.45) is 0. The molecule has 0 radical (unpaired) electrons. The van der Waals surface area contributed by atoms with Crippen molar-refractivity contribution >= 4 is 45.1 Å². The second-order valence-corrected chi connectivity index (χ2v) is 6.88. The number of hydrogen-bond donors (Lipinski definition) is 0. The first kappa shape index (κ1) is 10.8. The minimum Gasteiger partial charge on any atom is -0.230 e. The van der Waals surface area contributed by atoms with E-state index in [-0.39, 0.29) is 4.58 Å². The minimum absolute atomic E-state index is 0.232. The molecule has 0 amide bonds. The number of benzene rings is 1. The van der Waals surface area contributed by atoms with Gasteiger partial charge in [-0.2, -0.15) is 5.26 Å². The molecule has 0 saturated heterocycles. The van der Waals surface area contributed by atoms with E-state index in [0.29, 0.717) is 0 Å². The van der Waals surface area contributed by atoms with Gasteiger partial charge in [0.1, 0.15) is 5.40 Å². The fourth-order valence-corrected chi connectivity index (χ4v) is 4.09. The molecule has 1 aromatic carbocycles. The predicted molar refractivity (Wildman–Crippen MR) is 68.1 cm³/mol. The average Bonchev–Trinajstić information content (AvgIpc) is 2.59. The summed E-state index contributed by atoms with van der Waals surface area (Å²) in [5.41, 5.74) is 1.04. The lowest BCUT2D eigenvalue weighted by Gasteiger charge is -2.00. The third-order valence-corrected chi connectivity index (χ3v) is 4.77. The maximum atomic E-state index is 8.54. The van der Waals surface area contributed by atoms with Crippen LogP contribution in [0.1, 0.15) is 6.92 Å². The van der Waals surface area contributed by atoms with Crippen molar-refractivity contribution in [3.63, 3.8) is 0 Å². The molecule has 0 aliphatic carbocycles. The Labute approximate surface area is 101 Å². The lowest BCUT2D eigenvalue weighted by atomic mass is 10.3. The molecule has 1 atom stereocenters. The van der Waals surface area contributed by atoms with Gasteiger partial charge >= 0.3 is 0 Å². The van der Waals surface area contributed by atoms with Crippen LogP contribution < -0.4 is 0 Å². The minimum atomic E-state index is 0.232. The van der Waals surface area contributed by atoms with Crippen LogP contribution in [0.25, 0.3) is 10.2 Å². The zero-order valence-corrected chi connectivity index (χ0v) is 10.5. The molecule has 0 fully saturated rings. The Morgan fingerprint density at radius 1 is 1.47 bits per heavy atom. The summed E-state index contributed by atoms with van der Waals surface area (Å²) in [5, 5.41) is 10.6. The highest BCUT2D eigenvalue weighted by atomic mass is 32.2. The van der Waals surface area contributed by atoms with E-state index in [9.17, 15) is 0 Å². The van der Waals surface area contributed by atoms with Crippen LogP contribution in [0.2, 0.25) is 0 Å². The monoisotopic (exact) mass is 252 g/mol. The van der Waals surface area contributed by atoms with Crippen LogP contribution in [0.3, 0.4) is 0 Å². The summed E-state index contributed by atoms with van der Waals surface area (Å²) in [4.78, 5) is 4.49. The largest absolute Gasteiger partial charge is 0.230 e. The lowest BCUT2D eigenvalue weighted by molar-refractivity contribution is 1.29. The summed E-state index contributed by atoms with van der Waals surface area (Å²) in [6, 6.07) is 8.09. The number of aromatic nitrogens is 1. The van der Waals surface area contributed by atoms with Crippen LogP contribution in [0.15, 0.2) is 28.6 Å². The highest BCUT2D eigenvalue weighted by Gasteiger charge is 2.09. The Hall–Kier alpha value is -0.700. The van der Waals surface area contributed by atoms with Crippen LogP contribution >= 0.6 is 34.9 Å². The second kappa shape index (κ2) is 4.88. The number of hydrogen-bond acceptors (Lipinski definition) is 5. The van der Waals surface area contributed by atoms with Crippen LogP contribution in [0, 0.1) is 10.7 Å². The number of para-hydroxylation sites is 1. The maximum absolute atomic E-state index is 8.54. The molecule has 0 bridgehead atoms. The van der Waals surface area contributed by atoms with Gasteiger partial charge in [0, 0.05) is 0 Å². The van der Waals surface area contributed by atoms with E-state index in [4.69, 9.17) is 5.26 Å². The van der Waals surface area contributed by atoms with Gasteiger partial charge < -0.3 is 0 Å². The molecule has 0 aliphatic heterocycles. The predicted octanol–water partition coefficient (Wildman–Crippen LogP) is 3.95. The molecule has 15 heavy (non-hydrogen) atoms. The number of thioether (sulfide) groups is 2. The standard InChI is InChI=1S/C10H8N2S3/c1-7(13-6-11)14-10-12-8-4-2-3-5-9(8)15-10/h2-5,7H,1H3. The average molecular weight is 252 g/mol. The summed E-state index contributed by atoms with van der Waals surface area (Å²) >= 11 is 4.59. The van der Waals surface area contributed by atoms with Gasteiger partial charge in [0.2, 0.25) is 0 Å². The quantitative estimate of drug-likeness (QED) is 0.471. The summed E-state index contributed by atoms with van der Waals surface area (Å²) in [7, 11) is 0. The SMILES string of the molecule is CC(SC#N)Sc1nc2ccccc2s1. The molecule has 2 nitrogen and oxygen atoms in total. The molecule has 2 aromatic rings. The molecule has 1 unspecified atom stereocenters. The van der Waals surface area contributed by atoms with Crippen LogP contribution in [0.4, 0.5) is 0 Å². The van der Waals surface area contributed by atoms with Gasteiger partial charge in [-0.25, -0.2) is 4.98 Å². The number of thiocyanates is 1. The van der Waals surface area contributed by atoms with Crippen LogP contribution in [-0.4, -0.2) is 9.57 Å². The molecule has 1 heterocycles. The zero-order valence-electron chi connectivity index (χ0n) is 8.01. The zero-order chi connectivity index (χ0) is 10.7. The molecule has 0 spiro atoms. The fraction of sp³-hybridized carbons (Fsp3) is 0.200. The van der Waals surface area contributed by atoms with E-state index < -0.39 is 0 Å². The molecule has 2 rings (SSSR count). The van der Waals surface area contributed by atoms with Gasteiger partial charge in [-0.15, -0.1) is 11.3 Å². The smallest absolute Gasteiger partial charge is 0.152 e. The van der Waals surface area contributed by atoms with E-state index in [1.54, 1.807) is 23.1 Å². The Kier molecular flexibility index (Phi) is 3.52. The molecular formula is C10H8N2S3. The van der Waals surface area contributed by atoms with E-state index in [1.807, 2.05) is 25.1 Å². The van der Waals surface area contributed by atoms with E-state index in [2.05, 4.69) is 16.5 Å².